The maximum Gasteiger partial charge on any atom is 0.164 e. The minimum atomic E-state index is 0.579. The molecule has 118 heavy (non-hydrogen) atoms. The summed E-state index contributed by atoms with van der Waals surface area (Å²) >= 11 is 3.72. The molecule has 0 radical (unpaired) electrons. The first-order valence-corrected chi connectivity index (χ1v) is 41.3. The highest BCUT2D eigenvalue weighted by Gasteiger charge is 2.25. The van der Waals surface area contributed by atoms with Gasteiger partial charge in [-0.05, 0) is 146 Å². The fraction of sp³-hybridized carbons (Fsp3) is 0. The maximum absolute atomic E-state index is 5.43. The van der Waals surface area contributed by atoms with Gasteiger partial charge in [0.1, 0.15) is 0 Å². The van der Waals surface area contributed by atoms with Crippen molar-refractivity contribution in [1.29, 1.82) is 0 Å². The van der Waals surface area contributed by atoms with Crippen LogP contribution in [0.2, 0.25) is 0 Å². The molecule has 23 aromatic rings. The van der Waals surface area contributed by atoms with E-state index in [1.807, 2.05) is 77.3 Å². The van der Waals surface area contributed by atoms with Crippen LogP contribution in [0.5, 0.6) is 0 Å². The number of hydrogen-bond donors (Lipinski definition) is 0. The summed E-state index contributed by atoms with van der Waals surface area (Å²) in [6, 6.07) is 144. The van der Waals surface area contributed by atoms with Crippen LogP contribution in [0, 0.1) is 0 Å². The second kappa shape index (κ2) is 28.4. The van der Waals surface area contributed by atoms with Gasteiger partial charge >= 0.3 is 0 Å². The summed E-state index contributed by atoms with van der Waals surface area (Å²) in [5, 5.41) is 9.89. The summed E-state index contributed by atoms with van der Waals surface area (Å²) in [5.41, 5.74) is 25.1. The lowest BCUT2D eigenvalue weighted by Gasteiger charge is -2.16. The maximum atomic E-state index is 5.43. The summed E-state index contributed by atoms with van der Waals surface area (Å²) in [4.78, 5) is 31.9. The predicted octanol–water partition coefficient (Wildman–Crippen LogP) is 29.0. The zero-order chi connectivity index (χ0) is 77.7. The highest BCUT2D eigenvalue weighted by atomic mass is 32.1. The Morgan fingerprint density at radius 1 is 0.161 bits per heavy atom. The lowest BCUT2D eigenvalue weighted by Crippen LogP contribution is -2.02. The third kappa shape index (κ3) is 11.9. The third-order valence-corrected chi connectivity index (χ3v) is 25.5. The Hall–Kier alpha value is -15.2. The van der Waals surface area contributed by atoms with Crippen molar-refractivity contribution in [2.45, 2.75) is 0 Å². The number of thiophene rings is 2. The predicted molar refractivity (Wildman–Crippen MR) is 493 cm³/mol. The van der Waals surface area contributed by atoms with Crippen LogP contribution in [0.15, 0.2) is 400 Å². The molecule has 0 spiro atoms. The van der Waals surface area contributed by atoms with Gasteiger partial charge in [-0.3, -0.25) is 0 Å². The van der Waals surface area contributed by atoms with Crippen LogP contribution < -0.4 is 0 Å². The highest BCUT2D eigenvalue weighted by molar-refractivity contribution is 7.26. The minimum absolute atomic E-state index is 0.579. The van der Waals surface area contributed by atoms with E-state index in [2.05, 4.69) is 355 Å². The highest BCUT2D eigenvalue weighted by Crippen LogP contribution is 2.47. The zero-order valence-corrected chi connectivity index (χ0v) is 65.1. The van der Waals surface area contributed by atoms with Gasteiger partial charge in [0.25, 0.3) is 0 Å². The fourth-order valence-corrected chi connectivity index (χ4v) is 19.9. The van der Waals surface area contributed by atoms with Gasteiger partial charge in [-0.2, -0.15) is 0 Å². The molecule has 550 valence electrons. The van der Waals surface area contributed by atoms with Gasteiger partial charge in [0.15, 0.2) is 34.9 Å². The molecule has 0 aliphatic rings. The first-order valence-electron chi connectivity index (χ1n) is 39.7. The molecule has 10 heteroatoms. The first-order chi connectivity index (χ1) is 58.5. The summed E-state index contributed by atoms with van der Waals surface area (Å²) in [6.07, 6.45) is 0. The molecule has 0 N–H and O–H groups in total. The Balaban J connectivity index is 0.607. The van der Waals surface area contributed by atoms with Crippen molar-refractivity contribution in [3.05, 3.63) is 400 Å². The Morgan fingerprint density at radius 2 is 0.466 bits per heavy atom. The van der Waals surface area contributed by atoms with Crippen molar-refractivity contribution in [2.24, 2.45) is 0 Å². The van der Waals surface area contributed by atoms with E-state index >= 15 is 0 Å². The molecule has 0 saturated heterocycles. The molecule has 6 aromatic heterocycles. The summed E-state index contributed by atoms with van der Waals surface area (Å²) in [7, 11) is 0. The fourth-order valence-electron chi connectivity index (χ4n) is 17.4. The molecule has 0 bridgehead atoms. The molecule has 0 aliphatic heterocycles. The number of hydrogen-bond acceptors (Lipinski definition) is 8. The van der Waals surface area contributed by atoms with Crippen molar-refractivity contribution < 1.29 is 0 Å². The number of para-hydroxylation sites is 2. The molecule has 0 unspecified atom stereocenters. The molecule has 0 aliphatic carbocycles. The topological polar surface area (TPSA) is 87.2 Å². The Bertz CT molecular complexity index is 7850. The van der Waals surface area contributed by atoms with E-state index in [-0.39, 0.29) is 0 Å². The number of nitrogens with zero attached hydrogens (tertiary/aromatic N) is 8. The first kappa shape index (κ1) is 68.4. The second-order valence-electron chi connectivity index (χ2n) is 30.0. The monoisotopic (exact) mass is 1540 g/mol. The van der Waals surface area contributed by atoms with E-state index in [0.29, 0.717) is 34.9 Å². The van der Waals surface area contributed by atoms with Crippen molar-refractivity contribution in [3.8, 4) is 146 Å². The molecule has 17 aromatic carbocycles. The summed E-state index contributed by atoms with van der Waals surface area (Å²) in [6.45, 7) is 0. The van der Waals surface area contributed by atoms with Gasteiger partial charge in [-0.25, -0.2) is 29.9 Å². The molecule has 8 nitrogen and oxygen atoms in total. The number of benzene rings is 17. The van der Waals surface area contributed by atoms with Gasteiger partial charge < -0.3 is 9.13 Å². The van der Waals surface area contributed by atoms with E-state index in [0.717, 1.165) is 111 Å². The van der Waals surface area contributed by atoms with E-state index in [1.54, 1.807) is 0 Å². The molecule has 6 heterocycles. The van der Waals surface area contributed by atoms with E-state index < -0.39 is 0 Å². The molecule has 0 saturated carbocycles. The Kier molecular flexibility index (Phi) is 16.5. The van der Waals surface area contributed by atoms with Crippen molar-refractivity contribution in [2.75, 3.05) is 0 Å². The molecule has 0 fully saturated rings. The third-order valence-electron chi connectivity index (χ3n) is 23.1. The van der Waals surface area contributed by atoms with E-state index in [9.17, 15) is 0 Å². The average molecular weight is 1540 g/mol. The molecule has 23 rings (SSSR count). The lowest BCUT2D eigenvalue weighted by molar-refractivity contribution is 1.07. The standard InChI is InChI=1S/C108H66N8S2/c1-5-24-70(25-6-1)93-65-79(115-95-42-17-13-34-83(95)85-58-54-77(63-97(85)115)81-38-22-40-89-87-36-15-19-44-99(87)117-101(81)89)56-60-91(93)107-111-105(73-30-11-4-12-31-73)110-106(114-107)74-52-50-68(51-53-74)67-46-48-69(49-47-67)75-32-21-33-76(62-75)94-66-80(57-61-92(94)108-112-103(71-26-7-2-8-27-71)109-104(113-108)72-28-9-3-10-29-72)116-96-43-18-14-35-84(96)86-59-55-78(64-98(86)116)82-39-23-41-90-88-37-16-20-45-100(88)118-102(82)90/h1-66H. The van der Waals surface area contributed by atoms with Crippen LogP contribution in [0.4, 0.5) is 0 Å². The molecular formula is C108H66N8S2. The van der Waals surface area contributed by atoms with Crippen LogP contribution in [-0.2, 0) is 0 Å². The number of aromatic nitrogens is 8. The minimum Gasteiger partial charge on any atom is -0.309 e. The van der Waals surface area contributed by atoms with Crippen LogP contribution >= 0.6 is 22.7 Å². The second-order valence-corrected chi connectivity index (χ2v) is 32.1. The normalized spacial score (nSPS) is 11.7. The van der Waals surface area contributed by atoms with Crippen LogP contribution in [0.1, 0.15) is 0 Å². The van der Waals surface area contributed by atoms with Crippen molar-refractivity contribution in [1.82, 2.24) is 39.0 Å². The van der Waals surface area contributed by atoms with Gasteiger partial charge in [-0.15, -0.1) is 22.7 Å². The van der Waals surface area contributed by atoms with Crippen molar-refractivity contribution in [3.63, 3.8) is 0 Å². The number of rotatable bonds is 14. The summed E-state index contributed by atoms with van der Waals surface area (Å²) < 4.78 is 10.0. The van der Waals surface area contributed by atoms with Gasteiger partial charge in [0.2, 0.25) is 0 Å². The van der Waals surface area contributed by atoms with E-state index in [1.165, 1.54) is 84.1 Å². The van der Waals surface area contributed by atoms with E-state index in [4.69, 9.17) is 29.9 Å². The lowest BCUT2D eigenvalue weighted by atomic mass is 9.94. The largest absolute Gasteiger partial charge is 0.309 e. The number of fused-ring (bicyclic) bond motifs is 12. The molecule has 0 amide bonds. The van der Waals surface area contributed by atoms with Crippen LogP contribution in [0.3, 0.4) is 0 Å². The SMILES string of the molecule is c1ccc(-c2nc(-c3ccc(-c4ccc(-c5cccc(-c6cc(-n7c8ccccc8c8ccc(-c9cccc%10c9sc9ccccc9%10)cc87)ccc6-c6nc(-c7ccccc7)nc(-c7ccccc7)n6)c5)cc4)cc3)nc(-c3ccc(-n4c5ccccc5c5ccc(-c6cccc7c6sc6ccccc67)cc54)cc3-c3ccccc3)n2)cc1. The van der Waals surface area contributed by atoms with Gasteiger partial charge in [-0.1, -0.05) is 322 Å². The molecule has 0 atom stereocenters. The smallest absolute Gasteiger partial charge is 0.164 e. The van der Waals surface area contributed by atoms with Crippen LogP contribution in [-0.4, -0.2) is 39.0 Å². The van der Waals surface area contributed by atoms with Gasteiger partial charge in [0.05, 0.1) is 22.1 Å². The summed E-state index contributed by atoms with van der Waals surface area (Å²) in [5.74, 6) is 3.53. The quantitative estimate of drug-likeness (QED) is 0.108. The van der Waals surface area contributed by atoms with Crippen molar-refractivity contribution >= 4 is 107 Å². The molecular weight excluding hydrogens is 1470 g/mol. The Labute approximate surface area is 687 Å². The zero-order valence-electron chi connectivity index (χ0n) is 63.5. The average Bonchev–Trinajstić information content (AvgIpc) is 1.57. The Morgan fingerprint density at radius 3 is 0.915 bits per heavy atom. The van der Waals surface area contributed by atoms with Crippen LogP contribution in [0.25, 0.3) is 230 Å². The van der Waals surface area contributed by atoms with Gasteiger partial charge in [0, 0.05) is 107 Å².